The second-order valence-corrected chi connectivity index (χ2v) is 10.7. The van der Waals surface area contributed by atoms with E-state index in [9.17, 15) is 8.78 Å². The number of thiazole rings is 1. The van der Waals surface area contributed by atoms with Gasteiger partial charge in [0, 0.05) is 60.7 Å². The van der Waals surface area contributed by atoms with Crippen LogP contribution < -0.4 is 10.2 Å². The van der Waals surface area contributed by atoms with E-state index in [1.54, 1.807) is 37.4 Å². The predicted octanol–water partition coefficient (Wildman–Crippen LogP) is 8.72. The Labute approximate surface area is 233 Å². The van der Waals surface area contributed by atoms with E-state index in [1.807, 2.05) is 31.1 Å². The lowest BCUT2D eigenvalue weighted by Crippen LogP contribution is -2.10. The molecule has 4 nitrogen and oxygen atoms in total. The molecule has 0 saturated heterocycles. The van der Waals surface area contributed by atoms with Crippen LogP contribution in [0, 0.1) is 17.5 Å². The minimum absolute atomic E-state index is 0.336. The van der Waals surface area contributed by atoms with Crippen molar-refractivity contribution in [2.75, 3.05) is 26.0 Å². The lowest BCUT2D eigenvalue weighted by atomic mass is 9.96. The first-order valence-corrected chi connectivity index (χ1v) is 13.3. The summed E-state index contributed by atoms with van der Waals surface area (Å²) in [5.41, 5.74) is 6.18. The number of rotatable bonds is 6. The fraction of sp³-hybridized carbons (Fsp3) is 0.0938. The number of aromatic nitrogens is 1. The summed E-state index contributed by atoms with van der Waals surface area (Å²) >= 11 is 1.24. The Morgan fingerprint density at radius 1 is 0.875 bits per heavy atom. The Morgan fingerprint density at radius 3 is 2.33 bits per heavy atom. The third-order valence-electron chi connectivity index (χ3n) is 6.86. The highest BCUT2D eigenvalue weighted by molar-refractivity contribution is 7.21. The van der Waals surface area contributed by atoms with Gasteiger partial charge in [0.2, 0.25) is 0 Å². The van der Waals surface area contributed by atoms with Crippen molar-refractivity contribution in [3.63, 3.8) is 0 Å². The molecule has 4 aromatic carbocycles. The maximum absolute atomic E-state index is 15.1. The fourth-order valence-corrected chi connectivity index (χ4v) is 5.84. The molecule has 200 valence electrons. The Kier molecular flexibility index (Phi) is 6.35. The van der Waals surface area contributed by atoms with Crippen molar-refractivity contribution in [2.45, 2.75) is 0 Å². The van der Waals surface area contributed by atoms with Crippen LogP contribution in [0.5, 0.6) is 0 Å². The Balaban J connectivity index is 1.57. The van der Waals surface area contributed by atoms with Gasteiger partial charge in [-0.3, -0.25) is 0 Å². The van der Waals surface area contributed by atoms with Gasteiger partial charge in [0.25, 0.3) is 0 Å². The molecule has 2 heterocycles. The van der Waals surface area contributed by atoms with E-state index in [2.05, 4.69) is 16.9 Å². The van der Waals surface area contributed by atoms with Gasteiger partial charge < -0.3 is 14.6 Å². The number of hydrogen-bond acceptors (Lipinski definition) is 5. The van der Waals surface area contributed by atoms with Crippen LogP contribution in [0.1, 0.15) is 5.56 Å². The lowest BCUT2D eigenvalue weighted by Gasteiger charge is -2.18. The van der Waals surface area contributed by atoms with Gasteiger partial charge in [0.15, 0.2) is 0 Å². The van der Waals surface area contributed by atoms with Gasteiger partial charge in [0.05, 0.1) is 15.8 Å². The number of furan rings is 1. The van der Waals surface area contributed by atoms with Gasteiger partial charge in [-0.05, 0) is 66.2 Å². The highest BCUT2D eigenvalue weighted by Crippen LogP contribution is 2.43. The molecule has 0 aliphatic heterocycles. The van der Waals surface area contributed by atoms with E-state index in [0.29, 0.717) is 43.4 Å². The molecule has 1 N–H and O–H groups in total. The normalized spacial score (nSPS) is 11.3. The molecule has 8 heteroatoms. The molecule has 0 radical (unpaired) electrons. The Hall–Kier alpha value is -4.56. The summed E-state index contributed by atoms with van der Waals surface area (Å²) in [6, 6.07) is 19.3. The van der Waals surface area contributed by atoms with Crippen molar-refractivity contribution in [3.8, 4) is 33.0 Å². The third-order valence-corrected chi connectivity index (χ3v) is 7.91. The maximum Gasteiger partial charge on any atom is 0.144 e. The van der Waals surface area contributed by atoms with Crippen molar-refractivity contribution in [1.82, 2.24) is 10.3 Å². The molecular weight excluding hydrogens is 531 g/mol. The topological polar surface area (TPSA) is 41.3 Å². The van der Waals surface area contributed by atoms with Crippen LogP contribution in [0.15, 0.2) is 83.8 Å². The van der Waals surface area contributed by atoms with Crippen molar-refractivity contribution >= 4 is 43.9 Å². The van der Waals surface area contributed by atoms with Crippen LogP contribution in [-0.4, -0.2) is 26.1 Å². The van der Waals surface area contributed by atoms with Gasteiger partial charge in [-0.2, -0.15) is 0 Å². The molecule has 0 aliphatic carbocycles. The number of halogens is 3. The van der Waals surface area contributed by atoms with Gasteiger partial charge in [-0.25, -0.2) is 18.2 Å². The van der Waals surface area contributed by atoms with E-state index in [-0.39, 0.29) is 11.6 Å². The number of hydrogen-bond donors (Lipinski definition) is 1. The molecule has 0 atom stereocenters. The van der Waals surface area contributed by atoms with Crippen LogP contribution >= 0.6 is 11.3 Å². The summed E-state index contributed by atoms with van der Waals surface area (Å²) in [7, 11) is 5.63. The molecule has 40 heavy (non-hydrogen) atoms. The Bertz CT molecular complexity index is 1920. The molecule has 0 fully saturated rings. The number of nitrogens with one attached hydrogen (secondary N) is 1. The summed E-state index contributed by atoms with van der Waals surface area (Å²) in [4.78, 5) is 6.52. The minimum atomic E-state index is -0.415. The molecule has 0 spiro atoms. The van der Waals surface area contributed by atoms with Gasteiger partial charge in [0.1, 0.15) is 33.8 Å². The summed E-state index contributed by atoms with van der Waals surface area (Å²) in [6.07, 6.45) is 0. The van der Waals surface area contributed by atoms with E-state index < -0.39 is 5.82 Å². The van der Waals surface area contributed by atoms with Crippen molar-refractivity contribution in [1.29, 1.82) is 0 Å². The average Bonchev–Trinajstić information content (AvgIpc) is 3.53. The van der Waals surface area contributed by atoms with Crippen LogP contribution in [-0.2, 0) is 0 Å². The molecule has 0 amide bonds. The number of anilines is 1. The predicted molar refractivity (Wildman–Crippen MR) is 158 cm³/mol. The minimum Gasteiger partial charge on any atom is -0.455 e. The zero-order valence-electron chi connectivity index (χ0n) is 22.0. The van der Waals surface area contributed by atoms with Crippen LogP contribution in [0.4, 0.5) is 18.9 Å². The molecule has 0 unspecified atom stereocenters. The van der Waals surface area contributed by atoms with E-state index in [0.717, 1.165) is 27.8 Å². The van der Waals surface area contributed by atoms with Crippen LogP contribution in [0.25, 0.3) is 59.9 Å². The lowest BCUT2D eigenvalue weighted by molar-refractivity contribution is 0.622. The molecule has 0 bridgehead atoms. The molecule has 0 saturated carbocycles. The van der Waals surface area contributed by atoms with Crippen molar-refractivity contribution < 1.29 is 17.6 Å². The smallest absolute Gasteiger partial charge is 0.144 e. The molecule has 6 aromatic rings. The summed E-state index contributed by atoms with van der Waals surface area (Å²) in [6.45, 7) is 4.18. The second kappa shape index (κ2) is 9.88. The SMILES string of the molecule is C=C(NC)c1c(-c2ccc(F)cc2)oc2cc(N(C)C)c(-c3ccc(F)c(-c4nc5ccc(F)cc5s4)c3)cc12. The van der Waals surface area contributed by atoms with E-state index in [4.69, 9.17) is 4.42 Å². The van der Waals surface area contributed by atoms with Gasteiger partial charge >= 0.3 is 0 Å². The van der Waals surface area contributed by atoms with Gasteiger partial charge in [-0.1, -0.05) is 12.6 Å². The quantitative estimate of drug-likeness (QED) is 0.223. The highest BCUT2D eigenvalue weighted by atomic mass is 32.1. The van der Waals surface area contributed by atoms with Crippen LogP contribution in [0.2, 0.25) is 0 Å². The fourth-order valence-electron chi connectivity index (χ4n) is 4.83. The first kappa shape index (κ1) is 25.7. The second-order valence-electron chi connectivity index (χ2n) is 9.63. The van der Waals surface area contributed by atoms with E-state index in [1.165, 1.54) is 41.7 Å². The zero-order valence-corrected chi connectivity index (χ0v) is 22.8. The monoisotopic (exact) mass is 555 g/mol. The van der Waals surface area contributed by atoms with Crippen LogP contribution in [0.3, 0.4) is 0 Å². The van der Waals surface area contributed by atoms with E-state index >= 15 is 4.39 Å². The Morgan fingerprint density at radius 2 is 1.60 bits per heavy atom. The zero-order chi connectivity index (χ0) is 28.1. The molecular formula is C32H24F3N3OS. The number of fused-ring (bicyclic) bond motifs is 2. The third kappa shape index (κ3) is 4.40. The number of nitrogens with zero attached hydrogens (tertiary/aromatic N) is 2. The molecule has 6 rings (SSSR count). The molecule has 2 aromatic heterocycles. The standard InChI is InChI=1S/C32H24F3N3OS/c1-17(36-2)30-24-15-22(27(38(3)4)16-28(24)39-31(30)18-5-8-20(33)9-6-18)19-7-11-25(35)23(13-19)32-37-26-12-10-21(34)14-29(26)40-32/h5-16,36H,1H2,2-4H3. The van der Waals surface area contributed by atoms with Crippen molar-refractivity contribution in [3.05, 3.63) is 102 Å². The summed E-state index contributed by atoms with van der Waals surface area (Å²) < 4.78 is 49.6. The first-order valence-electron chi connectivity index (χ1n) is 12.5. The first-order chi connectivity index (χ1) is 19.2. The summed E-state index contributed by atoms with van der Waals surface area (Å²) in [5.74, 6) is -0.545. The number of benzene rings is 4. The maximum atomic E-state index is 15.1. The molecule has 0 aliphatic rings. The van der Waals surface area contributed by atoms with Gasteiger partial charge in [-0.15, -0.1) is 11.3 Å². The average molecular weight is 556 g/mol. The highest BCUT2D eigenvalue weighted by Gasteiger charge is 2.22. The largest absolute Gasteiger partial charge is 0.455 e. The van der Waals surface area contributed by atoms with Crippen molar-refractivity contribution in [2.24, 2.45) is 0 Å². The summed E-state index contributed by atoms with van der Waals surface area (Å²) in [5, 5.41) is 4.39.